The van der Waals surface area contributed by atoms with Crippen molar-refractivity contribution in [2.45, 2.75) is 38.9 Å². The number of nitriles is 1. The molecule has 0 aliphatic carbocycles. The third-order valence-corrected chi connectivity index (χ3v) is 5.85. The van der Waals surface area contributed by atoms with Crippen LogP contribution in [0.25, 0.3) is 0 Å². The quantitative estimate of drug-likeness (QED) is 0.707. The van der Waals surface area contributed by atoms with Gasteiger partial charge in [0.15, 0.2) is 9.84 Å². The summed E-state index contributed by atoms with van der Waals surface area (Å²) in [6, 6.07) is 1.70. The molecule has 1 amide bonds. The largest absolute Gasteiger partial charge is 0.348 e. The van der Waals surface area contributed by atoms with Gasteiger partial charge in [0.2, 0.25) is 5.91 Å². The van der Waals surface area contributed by atoms with Gasteiger partial charge in [-0.05, 0) is 20.3 Å². The van der Waals surface area contributed by atoms with Crippen molar-refractivity contribution >= 4 is 15.7 Å². The minimum atomic E-state index is -3.20. The molecule has 0 bridgehead atoms. The van der Waals surface area contributed by atoms with Crippen molar-refractivity contribution < 1.29 is 13.2 Å². The number of carbonyl (C=O) groups excluding carboxylic acids is 1. The molecule has 1 aliphatic heterocycles. The summed E-state index contributed by atoms with van der Waals surface area (Å²) in [5.41, 5.74) is -2.69. The van der Waals surface area contributed by atoms with E-state index in [4.69, 9.17) is 5.26 Å². The molecule has 2 rings (SSSR count). The highest BCUT2D eigenvalue weighted by atomic mass is 32.2. The molecule has 1 N–H and O–H groups in total. The average Bonchev–Trinajstić information content (AvgIpc) is 2.77. The number of sulfone groups is 1. The number of nitrogens with zero attached hydrogens (tertiary/aromatic N) is 3. The van der Waals surface area contributed by atoms with Crippen LogP contribution in [-0.2, 0) is 27.7 Å². The van der Waals surface area contributed by atoms with E-state index < -0.39 is 39.1 Å². The lowest BCUT2D eigenvalue weighted by Crippen LogP contribution is -2.51. The number of aromatic nitrogens is 2. The third-order valence-electron chi connectivity index (χ3n) is 3.94. The summed E-state index contributed by atoms with van der Waals surface area (Å²) in [5.74, 6) is -0.847. The van der Waals surface area contributed by atoms with E-state index >= 15 is 0 Å². The monoisotopic (exact) mass is 354 g/mol. The first-order valence-electron chi connectivity index (χ1n) is 7.36. The number of aryl methyl sites for hydroxylation is 1. The Morgan fingerprint density at radius 3 is 2.62 bits per heavy atom. The zero-order valence-corrected chi connectivity index (χ0v) is 14.2. The number of rotatable bonds is 4. The van der Waals surface area contributed by atoms with Crippen LogP contribution >= 0.6 is 0 Å². The van der Waals surface area contributed by atoms with Crippen molar-refractivity contribution in [1.82, 2.24) is 14.5 Å². The number of nitrogens with one attached hydrogen (secondary N) is 1. The highest BCUT2D eigenvalue weighted by Crippen LogP contribution is 2.22. The van der Waals surface area contributed by atoms with Gasteiger partial charge in [-0.25, -0.2) is 17.8 Å². The van der Waals surface area contributed by atoms with Crippen molar-refractivity contribution in [1.29, 1.82) is 5.26 Å². The molecule has 0 spiro atoms. The Morgan fingerprint density at radius 1 is 1.46 bits per heavy atom. The van der Waals surface area contributed by atoms with Crippen LogP contribution in [0.15, 0.2) is 15.8 Å². The second-order valence-electron chi connectivity index (χ2n) is 6.07. The lowest BCUT2D eigenvalue weighted by Gasteiger charge is -2.24. The molecule has 130 valence electrons. The van der Waals surface area contributed by atoms with Crippen LogP contribution < -0.4 is 16.6 Å². The zero-order chi connectivity index (χ0) is 18.1. The molecule has 10 heteroatoms. The molecule has 1 saturated heterocycles. The first kappa shape index (κ1) is 17.9. The summed E-state index contributed by atoms with van der Waals surface area (Å²) in [5, 5.41) is 11.6. The maximum absolute atomic E-state index is 12.2. The van der Waals surface area contributed by atoms with Gasteiger partial charge in [0, 0.05) is 12.7 Å². The molecule has 2 heterocycles. The topological polar surface area (TPSA) is 131 Å². The van der Waals surface area contributed by atoms with Crippen molar-refractivity contribution in [3.63, 3.8) is 0 Å². The van der Waals surface area contributed by atoms with Crippen LogP contribution in [0.5, 0.6) is 0 Å². The molecular weight excluding hydrogens is 336 g/mol. The highest BCUT2D eigenvalue weighted by molar-refractivity contribution is 7.91. The summed E-state index contributed by atoms with van der Waals surface area (Å²) >= 11 is 0. The Kier molecular flexibility index (Phi) is 4.66. The van der Waals surface area contributed by atoms with E-state index in [0.29, 0.717) is 4.57 Å². The summed E-state index contributed by atoms with van der Waals surface area (Å²) in [6.07, 6.45) is 1.43. The summed E-state index contributed by atoms with van der Waals surface area (Å²) < 4.78 is 25.0. The Balaban J connectivity index is 2.29. The van der Waals surface area contributed by atoms with Crippen molar-refractivity contribution in [3.8, 4) is 6.07 Å². The van der Waals surface area contributed by atoms with E-state index in [1.807, 2.05) is 0 Å². The number of hydrogen-bond donors (Lipinski definition) is 1. The van der Waals surface area contributed by atoms with Gasteiger partial charge in [-0.1, -0.05) is 0 Å². The molecule has 1 aromatic rings. The predicted molar refractivity (Wildman–Crippen MR) is 85.2 cm³/mol. The SMILES string of the molecule is CCn1cc(C#N)c(=O)n(CC(=O)NC2(C)CCS(=O)(=O)C2)c1=O. The van der Waals surface area contributed by atoms with E-state index in [9.17, 15) is 22.8 Å². The second kappa shape index (κ2) is 6.24. The number of hydrogen-bond acceptors (Lipinski definition) is 6. The number of carbonyl (C=O) groups is 1. The maximum atomic E-state index is 12.2. The minimum Gasteiger partial charge on any atom is -0.348 e. The first-order valence-corrected chi connectivity index (χ1v) is 9.19. The predicted octanol–water partition coefficient (Wildman–Crippen LogP) is -1.41. The van der Waals surface area contributed by atoms with Crippen LogP contribution in [0.1, 0.15) is 25.8 Å². The third kappa shape index (κ3) is 3.56. The molecule has 1 atom stereocenters. The lowest BCUT2D eigenvalue weighted by atomic mass is 10.0. The standard InChI is InChI=1S/C14H18N4O5S/c1-3-17-7-10(6-15)12(20)18(13(17)21)8-11(19)16-14(2)4-5-24(22,23)9-14/h7H,3-5,8-9H2,1-2H3,(H,16,19). The molecule has 0 aromatic carbocycles. The fraction of sp³-hybridized carbons (Fsp3) is 0.571. The summed E-state index contributed by atoms with van der Waals surface area (Å²) in [4.78, 5) is 36.5. The van der Waals surface area contributed by atoms with Gasteiger partial charge in [0.05, 0.1) is 17.0 Å². The fourth-order valence-corrected chi connectivity index (χ4v) is 4.82. The van der Waals surface area contributed by atoms with Crippen molar-refractivity contribution in [2.75, 3.05) is 11.5 Å². The van der Waals surface area contributed by atoms with Crippen molar-refractivity contribution in [3.05, 3.63) is 32.6 Å². The minimum absolute atomic E-state index is 0.0176. The molecular formula is C14H18N4O5S. The normalized spacial score (nSPS) is 22.0. The molecule has 1 aromatic heterocycles. The van der Waals surface area contributed by atoms with E-state index in [1.165, 1.54) is 0 Å². The van der Waals surface area contributed by atoms with E-state index in [0.717, 1.165) is 10.8 Å². The zero-order valence-electron chi connectivity index (χ0n) is 13.4. The Morgan fingerprint density at radius 2 is 2.12 bits per heavy atom. The Bertz CT molecular complexity index is 937. The molecule has 1 aliphatic rings. The van der Waals surface area contributed by atoms with Gasteiger partial charge in [-0.15, -0.1) is 0 Å². The summed E-state index contributed by atoms with van der Waals surface area (Å²) in [6.45, 7) is 2.95. The Hall–Kier alpha value is -2.41. The summed E-state index contributed by atoms with van der Waals surface area (Å²) in [7, 11) is -3.20. The molecule has 1 fully saturated rings. The smallest absolute Gasteiger partial charge is 0.331 e. The molecule has 0 saturated carbocycles. The van der Waals surface area contributed by atoms with Crippen LogP contribution in [0, 0.1) is 11.3 Å². The Labute approximate surface area is 138 Å². The van der Waals surface area contributed by atoms with Gasteiger partial charge >= 0.3 is 5.69 Å². The first-order chi connectivity index (χ1) is 11.1. The van der Waals surface area contributed by atoms with E-state index in [2.05, 4.69) is 5.32 Å². The molecule has 1 unspecified atom stereocenters. The van der Waals surface area contributed by atoms with Gasteiger partial charge in [-0.2, -0.15) is 5.26 Å². The maximum Gasteiger partial charge on any atom is 0.331 e. The fourth-order valence-electron chi connectivity index (χ4n) is 2.73. The van der Waals surface area contributed by atoms with E-state index in [-0.39, 0.29) is 30.0 Å². The van der Waals surface area contributed by atoms with Crippen LogP contribution in [0.2, 0.25) is 0 Å². The lowest BCUT2D eigenvalue weighted by molar-refractivity contribution is -0.123. The molecule has 24 heavy (non-hydrogen) atoms. The van der Waals surface area contributed by atoms with Crippen LogP contribution in [0.4, 0.5) is 0 Å². The molecule has 9 nitrogen and oxygen atoms in total. The van der Waals surface area contributed by atoms with E-state index in [1.54, 1.807) is 19.9 Å². The van der Waals surface area contributed by atoms with Gasteiger partial charge in [0.1, 0.15) is 18.2 Å². The van der Waals surface area contributed by atoms with Gasteiger partial charge in [-0.3, -0.25) is 14.2 Å². The molecule has 0 radical (unpaired) electrons. The number of amides is 1. The van der Waals surface area contributed by atoms with Crippen LogP contribution in [-0.4, -0.2) is 40.5 Å². The average molecular weight is 354 g/mol. The highest BCUT2D eigenvalue weighted by Gasteiger charge is 2.39. The van der Waals surface area contributed by atoms with Gasteiger partial charge < -0.3 is 5.32 Å². The van der Waals surface area contributed by atoms with Gasteiger partial charge in [0.25, 0.3) is 5.56 Å². The van der Waals surface area contributed by atoms with Crippen molar-refractivity contribution in [2.24, 2.45) is 0 Å². The van der Waals surface area contributed by atoms with Crippen LogP contribution in [0.3, 0.4) is 0 Å². The second-order valence-corrected chi connectivity index (χ2v) is 8.25.